The second-order valence-electron chi connectivity index (χ2n) is 5.75. The lowest BCUT2D eigenvalue weighted by Gasteiger charge is -2.24. The molecular formula is C16H20ClN3O2S. The molecule has 1 aromatic carbocycles. The largest absolute Gasteiger partial charge is 0.339 e. The maximum absolute atomic E-state index is 12.6. The van der Waals surface area contributed by atoms with Gasteiger partial charge < -0.3 is 9.80 Å². The summed E-state index contributed by atoms with van der Waals surface area (Å²) < 4.78 is 0. The summed E-state index contributed by atoms with van der Waals surface area (Å²) in [6.45, 7) is 2.54. The molecule has 0 bridgehead atoms. The Morgan fingerprint density at radius 2 is 1.96 bits per heavy atom. The third kappa shape index (κ3) is 4.00. The van der Waals surface area contributed by atoms with Gasteiger partial charge in [-0.15, -0.1) is 11.8 Å². The van der Waals surface area contributed by atoms with Crippen LogP contribution in [-0.2, 0) is 4.79 Å². The van der Waals surface area contributed by atoms with Gasteiger partial charge in [-0.25, -0.2) is 0 Å². The van der Waals surface area contributed by atoms with Gasteiger partial charge in [0.25, 0.3) is 5.91 Å². The molecule has 1 N–H and O–H groups in total. The fraction of sp³-hybridized carbons (Fsp3) is 0.500. The fourth-order valence-corrected chi connectivity index (χ4v) is 4.04. The number of halogens is 1. The van der Waals surface area contributed by atoms with Crippen LogP contribution < -0.4 is 5.32 Å². The smallest absolute Gasteiger partial charge is 0.253 e. The van der Waals surface area contributed by atoms with Crippen LogP contribution in [0.5, 0.6) is 0 Å². The Labute approximate surface area is 145 Å². The van der Waals surface area contributed by atoms with Gasteiger partial charge in [0.15, 0.2) is 0 Å². The van der Waals surface area contributed by atoms with Crippen LogP contribution in [0.15, 0.2) is 24.3 Å². The predicted octanol–water partition coefficient (Wildman–Crippen LogP) is 1.68. The highest BCUT2D eigenvalue weighted by Crippen LogP contribution is 2.16. The summed E-state index contributed by atoms with van der Waals surface area (Å²) in [6.07, 6.45) is 0.803. The predicted molar refractivity (Wildman–Crippen MR) is 92.8 cm³/mol. The minimum atomic E-state index is -0.0739. The number of rotatable bonds is 2. The molecule has 5 nitrogen and oxygen atoms in total. The van der Waals surface area contributed by atoms with Gasteiger partial charge in [-0.3, -0.25) is 14.9 Å². The van der Waals surface area contributed by atoms with E-state index in [9.17, 15) is 9.59 Å². The number of thioether (sulfide) groups is 1. The number of carbonyl (C=O) groups excluding carboxylic acids is 2. The molecule has 1 atom stereocenters. The van der Waals surface area contributed by atoms with Gasteiger partial charge in [0.05, 0.1) is 6.04 Å². The third-order valence-corrected chi connectivity index (χ3v) is 5.36. The van der Waals surface area contributed by atoms with Crippen LogP contribution in [0, 0.1) is 0 Å². The first kappa shape index (κ1) is 16.6. The molecule has 2 amide bonds. The minimum Gasteiger partial charge on any atom is -0.339 e. The molecule has 2 heterocycles. The molecule has 3 rings (SSSR count). The quantitative estimate of drug-likeness (QED) is 0.879. The van der Waals surface area contributed by atoms with Gasteiger partial charge in [0, 0.05) is 48.4 Å². The Balaban J connectivity index is 1.61. The van der Waals surface area contributed by atoms with Crippen molar-refractivity contribution in [3.05, 3.63) is 34.9 Å². The van der Waals surface area contributed by atoms with E-state index in [2.05, 4.69) is 5.32 Å². The molecule has 0 aliphatic carbocycles. The molecule has 2 saturated heterocycles. The summed E-state index contributed by atoms with van der Waals surface area (Å²) in [6, 6.07) is 6.94. The van der Waals surface area contributed by atoms with Crippen molar-refractivity contribution >= 4 is 35.2 Å². The molecule has 2 fully saturated rings. The standard InChI is InChI=1S/C16H20ClN3O2S/c17-13-4-1-3-12(9-13)15(21)19-5-2-6-20(8-7-19)16(22)14-10-23-11-18-14/h1,3-4,9,14,18H,2,5-8,10-11H2. The average molecular weight is 354 g/mol. The van der Waals surface area contributed by atoms with Crippen LogP contribution in [0.25, 0.3) is 0 Å². The molecule has 1 aromatic rings. The van der Waals surface area contributed by atoms with Crippen molar-refractivity contribution in [3.8, 4) is 0 Å². The number of nitrogens with one attached hydrogen (secondary N) is 1. The van der Waals surface area contributed by atoms with Crippen molar-refractivity contribution < 1.29 is 9.59 Å². The second-order valence-corrected chi connectivity index (χ2v) is 7.22. The number of hydrogen-bond acceptors (Lipinski definition) is 4. The van der Waals surface area contributed by atoms with Crippen molar-refractivity contribution in [3.63, 3.8) is 0 Å². The molecule has 124 valence electrons. The van der Waals surface area contributed by atoms with E-state index in [1.165, 1.54) is 0 Å². The molecule has 1 unspecified atom stereocenters. The summed E-state index contributed by atoms with van der Waals surface area (Å²) in [4.78, 5) is 28.8. The molecule has 23 heavy (non-hydrogen) atoms. The molecular weight excluding hydrogens is 334 g/mol. The molecule has 0 aromatic heterocycles. The van der Waals surface area contributed by atoms with E-state index in [0.29, 0.717) is 36.8 Å². The van der Waals surface area contributed by atoms with E-state index in [0.717, 1.165) is 18.1 Å². The summed E-state index contributed by atoms with van der Waals surface area (Å²) in [7, 11) is 0. The van der Waals surface area contributed by atoms with E-state index < -0.39 is 0 Å². The van der Waals surface area contributed by atoms with Gasteiger partial charge in [-0.05, 0) is 24.6 Å². The second kappa shape index (κ2) is 7.55. The lowest BCUT2D eigenvalue weighted by atomic mass is 10.2. The van der Waals surface area contributed by atoms with E-state index in [1.807, 2.05) is 9.80 Å². The zero-order valence-corrected chi connectivity index (χ0v) is 14.4. The lowest BCUT2D eigenvalue weighted by molar-refractivity contribution is -0.132. The van der Waals surface area contributed by atoms with Crippen LogP contribution in [-0.4, -0.2) is 65.5 Å². The number of benzene rings is 1. The van der Waals surface area contributed by atoms with Gasteiger partial charge >= 0.3 is 0 Å². The Kier molecular flexibility index (Phi) is 5.46. The number of hydrogen-bond donors (Lipinski definition) is 1. The number of carbonyl (C=O) groups is 2. The molecule has 0 spiro atoms. The van der Waals surface area contributed by atoms with Crippen molar-refractivity contribution in [2.75, 3.05) is 37.8 Å². The average Bonchev–Trinajstić information content (AvgIpc) is 2.98. The van der Waals surface area contributed by atoms with E-state index in [-0.39, 0.29) is 17.9 Å². The van der Waals surface area contributed by atoms with Gasteiger partial charge in [0.1, 0.15) is 0 Å². The maximum Gasteiger partial charge on any atom is 0.253 e. The van der Waals surface area contributed by atoms with Crippen molar-refractivity contribution in [2.24, 2.45) is 0 Å². The lowest BCUT2D eigenvalue weighted by Crippen LogP contribution is -2.46. The first-order valence-electron chi connectivity index (χ1n) is 7.80. The van der Waals surface area contributed by atoms with Crippen LogP contribution in [0.3, 0.4) is 0 Å². The highest BCUT2D eigenvalue weighted by atomic mass is 35.5. The summed E-state index contributed by atoms with van der Waals surface area (Å²) in [5.41, 5.74) is 0.603. The summed E-state index contributed by atoms with van der Waals surface area (Å²) in [5, 5.41) is 3.78. The summed E-state index contributed by atoms with van der Waals surface area (Å²) in [5.74, 6) is 1.81. The Hall–Kier alpha value is -1.24. The van der Waals surface area contributed by atoms with E-state index in [4.69, 9.17) is 11.6 Å². The van der Waals surface area contributed by atoms with Gasteiger partial charge in [-0.2, -0.15) is 0 Å². The molecule has 0 saturated carbocycles. The highest BCUT2D eigenvalue weighted by molar-refractivity contribution is 7.99. The van der Waals surface area contributed by atoms with Crippen LogP contribution in [0.1, 0.15) is 16.8 Å². The Morgan fingerprint density at radius 3 is 2.70 bits per heavy atom. The van der Waals surface area contributed by atoms with Crippen LogP contribution in [0.2, 0.25) is 5.02 Å². The van der Waals surface area contributed by atoms with Crippen molar-refractivity contribution in [2.45, 2.75) is 12.5 Å². The van der Waals surface area contributed by atoms with Gasteiger partial charge in [-0.1, -0.05) is 17.7 Å². The van der Waals surface area contributed by atoms with Crippen molar-refractivity contribution in [1.29, 1.82) is 0 Å². The highest BCUT2D eigenvalue weighted by Gasteiger charge is 2.29. The van der Waals surface area contributed by atoms with Gasteiger partial charge in [0.2, 0.25) is 5.91 Å². The maximum atomic E-state index is 12.6. The Morgan fingerprint density at radius 1 is 1.17 bits per heavy atom. The topological polar surface area (TPSA) is 52.7 Å². The summed E-state index contributed by atoms with van der Waals surface area (Å²) >= 11 is 7.71. The number of amides is 2. The third-order valence-electron chi connectivity index (χ3n) is 4.18. The zero-order chi connectivity index (χ0) is 16.2. The molecule has 2 aliphatic rings. The minimum absolute atomic E-state index is 0.0173. The SMILES string of the molecule is O=C(c1cccc(Cl)c1)N1CCCN(C(=O)C2CSCN2)CC1. The molecule has 0 radical (unpaired) electrons. The van der Waals surface area contributed by atoms with Crippen LogP contribution in [0.4, 0.5) is 0 Å². The van der Waals surface area contributed by atoms with E-state index >= 15 is 0 Å². The fourth-order valence-electron chi connectivity index (χ4n) is 2.92. The first-order chi connectivity index (χ1) is 11.1. The monoisotopic (exact) mass is 353 g/mol. The Bertz CT molecular complexity index is 592. The zero-order valence-electron chi connectivity index (χ0n) is 12.8. The van der Waals surface area contributed by atoms with Crippen LogP contribution >= 0.6 is 23.4 Å². The normalized spacial score (nSPS) is 22.0. The van der Waals surface area contributed by atoms with Crippen molar-refractivity contribution in [1.82, 2.24) is 15.1 Å². The molecule has 2 aliphatic heterocycles. The number of nitrogens with zero attached hydrogens (tertiary/aromatic N) is 2. The molecule has 7 heteroatoms. The van der Waals surface area contributed by atoms with E-state index in [1.54, 1.807) is 36.0 Å². The first-order valence-corrected chi connectivity index (χ1v) is 9.33.